The Labute approximate surface area is 341 Å². The van der Waals surface area contributed by atoms with Crippen molar-refractivity contribution in [1.82, 2.24) is 30.1 Å². The molecule has 3 saturated heterocycles. The van der Waals surface area contributed by atoms with Gasteiger partial charge in [0.05, 0.1) is 11.9 Å². The van der Waals surface area contributed by atoms with E-state index in [9.17, 15) is 14.4 Å². The number of amides is 4. The van der Waals surface area contributed by atoms with E-state index in [1.807, 2.05) is 55.3 Å². The van der Waals surface area contributed by atoms with Crippen molar-refractivity contribution in [2.75, 3.05) is 79.4 Å². The van der Waals surface area contributed by atoms with Crippen LogP contribution in [0.15, 0.2) is 78.1 Å². The van der Waals surface area contributed by atoms with Crippen molar-refractivity contribution in [3.8, 4) is 17.0 Å². The van der Waals surface area contributed by atoms with Crippen LogP contribution in [0.4, 0.5) is 32.2 Å². The van der Waals surface area contributed by atoms with Crippen molar-refractivity contribution in [1.29, 1.82) is 0 Å². The van der Waals surface area contributed by atoms with E-state index in [1.165, 1.54) is 6.08 Å². The predicted molar refractivity (Wildman–Crippen MR) is 225 cm³/mol. The number of fused-ring (bicyclic) bond motifs is 2. The van der Waals surface area contributed by atoms with Crippen molar-refractivity contribution < 1.29 is 23.5 Å². The van der Waals surface area contributed by atoms with Gasteiger partial charge in [-0.1, -0.05) is 24.3 Å². The summed E-state index contributed by atoms with van der Waals surface area (Å²) in [4.78, 5) is 59.6. The molecule has 0 radical (unpaired) electrons. The van der Waals surface area contributed by atoms with Gasteiger partial charge in [0, 0.05) is 105 Å². The number of nitrogens with zero attached hydrogens (tertiary/aromatic N) is 7. The van der Waals surface area contributed by atoms with Crippen LogP contribution >= 0.6 is 0 Å². The second kappa shape index (κ2) is 15.8. The van der Waals surface area contributed by atoms with Crippen LogP contribution < -0.4 is 30.5 Å². The first-order valence-corrected chi connectivity index (χ1v) is 20.2. The Morgan fingerprint density at radius 3 is 2.58 bits per heavy atom. The fourth-order valence-electron chi connectivity index (χ4n) is 8.56. The molecule has 0 spiro atoms. The molecule has 0 bridgehead atoms. The molecule has 3 fully saturated rings. The van der Waals surface area contributed by atoms with Crippen molar-refractivity contribution in [2.45, 2.75) is 46.1 Å². The minimum absolute atomic E-state index is 0.00145. The van der Waals surface area contributed by atoms with Crippen LogP contribution in [-0.2, 0) is 9.59 Å². The molecular formula is C44H47FN10O4. The third-order valence-corrected chi connectivity index (χ3v) is 12.0. The lowest BCUT2D eigenvalue weighted by molar-refractivity contribution is -0.132. The summed E-state index contributed by atoms with van der Waals surface area (Å²) in [5.74, 6) is 0.184. The zero-order valence-electron chi connectivity index (χ0n) is 33.5. The number of carbonyl (C=O) groups excluding carboxylic acids is 3. The molecule has 4 aliphatic heterocycles. The minimum atomic E-state index is -0.452. The number of aromatic nitrogens is 3. The van der Waals surface area contributed by atoms with E-state index in [4.69, 9.17) is 9.72 Å². The van der Waals surface area contributed by atoms with Crippen LogP contribution in [0.25, 0.3) is 22.0 Å². The molecule has 6 heterocycles. The molecule has 5 aliphatic rings. The number of anilines is 4. The van der Waals surface area contributed by atoms with Gasteiger partial charge >= 0.3 is 6.03 Å². The number of nitrogens with one attached hydrogen (secondary N) is 3. The highest BCUT2D eigenvalue weighted by atomic mass is 19.1. The average molecular weight is 799 g/mol. The van der Waals surface area contributed by atoms with E-state index < -0.39 is 5.83 Å². The van der Waals surface area contributed by atoms with Gasteiger partial charge < -0.3 is 25.2 Å². The summed E-state index contributed by atoms with van der Waals surface area (Å²) in [6.07, 6.45) is 9.37. The predicted octanol–water partition coefficient (Wildman–Crippen LogP) is 5.77. The smallest absolute Gasteiger partial charge is 0.328 e. The lowest BCUT2D eigenvalue weighted by atomic mass is 10.00. The number of halogens is 1. The number of ether oxygens (including phenoxy) is 1. The summed E-state index contributed by atoms with van der Waals surface area (Å²) in [5.41, 5.74) is 9.58. The van der Waals surface area contributed by atoms with Gasteiger partial charge in [-0.3, -0.25) is 24.7 Å². The van der Waals surface area contributed by atoms with Crippen molar-refractivity contribution in [2.24, 2.45) is 0 Å². The first kappa shape index (κ1) is 38.2. The maximum atomic E-state index is 15.7. The number of hydrogen-bond donors (Lipinski definition) is 3. The summed E-state index contributed by atoms with van der Waals surface area (Å²) in [6, 6.07) is 10.2. The lowest BCUT2D eigenvalue weighted by Crippen LogP contribution is -2.63. The van der Waals surface area contributed by atoms with E-state index in [0.717, 1.165) is 88.5 Å². The van der Waals surface area contributed by atoms with Gasteiger partial charge in [0.15, 0.2) is 0 Å². The molecule has 59 heavy (non-hydrogen) atoms. The Balaban J connectivity index is 0.771. The van der Waals surface area contributed by atoms with E-state index in [0.29, 0.717) is 61.8 Å². The highest BCUT2D eigenvalue weighted by Gasteiger charge is 2.36. The fourth-order valence-corrected chi connectivity index (χ4v) is 8.56. The summed E-state index contributed by atoms with van der Waals surface area (Å²) in [6.45, 7) is 12.3. The van der Waals surface area contributed by atoms with Crippen LogP contribution in [0.1, 0.15) is 36.0 Å². The van der Waals surface area contributed by atoms with E-state index in [1.54, 1.807) is 17.2 Å². The van der Waals surface area contributed by atoms with Crippen LogP contribution in [0.3, 0.4) is 0 Å². The van der Waals surface area contributed by atoms with E-state index in [-0.39, 0.29) is 30.7 Å². The highest BCUT2D eigenvalue weighted by Crippen LogP contribution is 2.37. The summed E-state index contributed by atoms with van der Waals surface area (Å²) >= 11 is 0. The van der Waals surface area contributed by atoms with E-state index >= 15 is 4.39 Å². The molecule has 3 N–H and O–H groups in total. The van der Waals surface area contributed by atoms with Crippen molar-refractivity contribution >= 4 is 51.8 Å². The second-order valence-corrected chi connectivity index (χ2v) is 15.8. The molecule has 0 saturated carbocycles. The Morgan fingerprint density at radius 1 is 0.966 bits per heavy atom. The third-order valence-electron chi connectivity index (χ3n) is 12.0. The van der Waals surface area contributed by atoms with Crippen LogP contribution in [0, 0.1) is 20.8 Å². The number of carbonyl (C=O) groups is 3. The summed E-state index contributed by atoms with van der Waals surface area (Å²) in [7, 11) is 0. The van der Waals surface area contributed by atoms with Gasteiger partial charge in [-0.15, -0.1) is 0 Å². The molecule has 2 aromatic carbocycles. The number of pyridine rings is 1. The number of allylic oxidation sites excluding steroid dienone is 4. The molecule has 1 aliphatic carbocycles. The number of piperazine rings is 1. The Bertz CT molecular complexity index is 2470. The molecular weight excluding hydrogens is 752 g/mol. The third kappa shape index (κ3) is 7.69. The van der Waals surface area contributed by atoms with Gasteiger partial charge in [0.2, 0.25) is 23.6 Å². The van der Waals surface area contributed by atoms with Crippen LogP contribution in [-0.4, -0.2) is 108 Å². The number of benzene rings is 2. The molecule has 15 heteroatoms. The number of hydrogen-bond acceptors (Lipinski definition) is 11. The molecule has 4 aromatic rings. The zero-order chi connectivity index (χ0) is 40.8. The maximum Gasteiger partial charge on any atom is 0.328 e. The Kier molecular flexibility index (Phi) is 10.2. The quantitative estimate of drug-likeness (QED) is 0.200. The monoisotopic (exact) mass is 798 g/mol. The number of aryl methyl sites for hydroxylation is 2. The molecule has 9 rings (SSSR count). The van der Waals surface area contributed by atoms with Crippen LogP contribution in [0.5, 0.6) is 5.88 Å². The lowest BCUT2D eigenvalue weighted by Gasteiger charge is -2.49. The highest BCUT2D eigenvalue weighted by molar-refractivity contribution is 6.06. The zero-order valence-corrected chi connectivity index (χ0v) is 33.5. The average Bonchev–Trinajstić information content (AvgIpc) is 3.38. The molecule has 2 aromatic heterocycles. The van der Waals surface area contributed by atoms with Crippen molar-refractivity contribution in [3.05, 3.63) is 94.7 Å². The second-order valence-electron chi connectivity index (χ2n) is 15.8. The standard InChI is InChI=1S/C44H47FN10O4/c1-26-18-38(55-11-9-39(56)51-44(55)58)27(2)17-37(26)54-24-33(25-54)52-12-14-53(15-13-52)40(57)20-30-5-4-6-32(21-35(30)45)49-43-48-22-31-8-7-29(19-36(31)50-43)34-23-47-42-41(28(34)3)46-10-16-59-42/h5-8,17-19,21-23,33,46H,4,9-16,20,24-25H2,1-3H3,(H,48,49,50)(H,51,56,58). The first-order chi connectivity index (χ1) is 28.6. The molecule has 14 nitrogen and oxygen atoms in total. The van der Waals surface area contributed by atoms with Gasteiger partial charge in [0.1, 0.15) is 18.1 Å². The minimum Gasteiger partial charge on any atom is -0.474 e. The maximum absolute atomic E-state index is 15.7. The summed E-state index contributed by atoms with van der Waals surface area (Å²) in [5, 5.41) is 9.85. The van der Waals surface area contributed by atoms with Gasteiger partial charge in [-0.2, -0.15) is 0 Å². The van der Waals surface area contributed by atoms with Gasteiger partial charge in [0.25, 0.3) is 0 Å². The fraction of sp³-hybridized carbons (Fsp3) is 0.364. The molecule has 0 unspecified atom stereocenters. The summed E-state index contributed by atoms with van der Waals surface area (Å²) < 4.78 is 21.4. The van der Waals surface area contributed by atoms with Gasteiger partial charge in [-0.05, 0) is 79.3 Å². The molecule has 4 amide bonds. The number of imide groups is 1. The molecule has 0 atom stereocenters. The van der Waals surface area contributed by atoms with Gasteiger partial charge in [-0.25, -0.2) is 24.1 Å². The normalized spacial score (nSPS) is 18.8. The number of rotatable bonds is 8. The molecule has 304 valence electrons. The van der Waals surface area contributed by atoms with Crippen molar-refractivity contribution in [3.63, 3.8) is 0 Å². The number of urea groups is 1. The largest absolute Gasteiger partial charge is 0.474 e. The Hall–Kier alpha value is -6.35. The SMILES string of the molecule is Cc1cc(N2CCC(=O)NC2=O)c(C)cc1N1CC(N2CCN(C(=O)CC3=CCC=C(Nc4ncc5ccc(-c6cnc7c(c6C)NCCO7)cc5n4)C=C3F)CC2)C1. The first-order valence-electron chi connectivity index (χ1n) is 20.2. The van der Waals surface area contributed by atoms with E-state index in [2.05, 4.69) is 48.7 Å². The Morgan fingerprint density at radius 2 is 1.76 bits per heavy atom. The van der Waals surface area contributed by atoms with Crippen LogP contribution in [0.2, 0.25) is 0 Å². The topological polar surface area (TPSA) is 148 Å².